The van der Waals surface area contributed by atoms with Crippen LogP contribution in [0.5, 0.6) is 0 Å². The average molecular weight is 210 g/mol. The minimum Gasteiger partial charge on any atom is -0.314 e. The Morgan fingerprint density at radius 2 is 1.27 bits per heavy atom. The lowest BCUT2D eigenvalue weighted by Gasteiger charge is -2.26. The molecule has 2 N–H and O–H groups in total. The molecule has 15 heavy (non-hydrogen) atoms. The van der Waals surface area contributed by atoms with Gasteiger partial charge in [-0.3, -0.25) is 0 Å². The quantitative estimate of drug-likeness (QED) is 0.745. The summed E-state index contributed by atoms with van der Waals surface area (Å²) in [6.07, 6.45) is 12.7. The van der Waals surface area contributed by atoms with E-state index in [0.717, 1.165) is 12.1 Å². The van der Waals surface area contributed by atoms with Crippen molar-refractivity contribution < 1.29 is 0 Å². The molecule has 2 rings (SSSR count). The molecule has 0 aliphatic carbocycles. The Kier molecular flexibility index (Phi) is 4.94. The van der Waals surface area contributed by atoms with Crippen LogP contribution >= 0.6 is 0 Å². The van der Waals surface area contributed by atoms with Crippen molar-refractivity contribution >= 4 is 0 Å². The van der Waals surface area contributed by atoms with E-state index in [1.807, 2.05) is 0 Å². The lowest BCUT2D eigenvalue weighted by molar-refractivity contribution is 0.338. The largest absolute Gasteiger partial charge is 0.314 e. The first-order valence-corrected chi connectivity index (χ1v) is 6.92. The summed E-state index contributed by atoms with van der Waals surface area (Å²) < 4.78 is 0. The topological polar surface area (TPSA) is 24.1 Å². The zero-order valence-corrected chi connectivity index (χ0v) is 9.93. The van der Waals surface area contributed by atoms with Gasteiger partial charge in [0, 0.05) is 12.1 Å². The van der Waals surface area contributed by atoms with Crippen LogP contribution in [0.2, 0.25) is 0 Å². The number of hydrogen-bond acceptors (Lipinski definition) is 2. The molecule has 0 aromatic carbocycles. The highest BCUT2D eigenvalue weighted by atomic mass is 14.9. The molecule has 88 valence electrons. The number of rotatable bonds is 4. The molecular weight excluding hydrogens is 184 g/mol. The smallest absolute Gasteiger partial charge is 0.00670 e. The van der Waals surface area contributed by atoms with Gasteiger partial charge in [-0.1, -0.05) is 19.3 Å². The highest BCUT2D eigenvalue weighted by molar-refractivity contribution is 4.75. The van der Waals surface area contributed by atoms with Crippen LogP contribution in [0.4, 0.5) is 0 Å². The summed E-state index contributed by atoms with van der Waals surface area (Å²) in [6.45, 7) is 2.51. The SMILES string of the molecule is C1CCC(CCCC2CCCCN2)NC1. The molecule has 0 saturated carbocycles. The van der Waals surface area contributed by atoms with Gasteiger partial charge in [-0.2, -0.15) is 0 Å². The predicted octanol–water partition coefficient (Wildman–Crippen LogP) is 2.44. The van der Waals surface area contributed by atoms with E-state index in [9.17, 15) is 0 Å². The second-order valence-corrected chi connectivity index (χ2v) is 5.22. The van der Waals surface area contributed by atoms with Gasteiger partial charge in [0.2, 0.25) is 0 Å². The van der Waals surface area contributed by atoms with Crippen molar-refractivity contribution in [3.63, 3.8) is 0 Å². The average Bonchev–Trinajstić information content (AvgIpc) is 2.32. The third-order valence-corrected chi connectivity index (χ3v) is 3.93. The second-order valence-electron chi connectivity index (χ2n) is 5.22. The molecule has 2 unspecified atom stereocenters. The van der Waals surface area contributed by atoms with Crippen LogP contribution in [0.1, 0.15) is 57.8 Å². The molecule has 0 amide bonds. The van der Waals surface area contributed by atoms with Crippen molar-refractivity contribution in [1.29, 1.82) is 0 Å². The first-order chi connectivity index (χ1) is 7.45. The highest BCUT2D eigenvalue weighted by Crippen LogP contribution is 2.16. The molecule has 2 heterocycles. The van der Waals surface area contributed by atoms with Crippen LogP contribution in [-0.4, -0.2) is 25.2 Å². The Morgan fingerprint density at radius 3 is 1.67 bits per heavy atom. The minimum absolute atomic E-state index is 0.836. The third kappa shape index (κ3) is 4.12. The van der Waals surface area contributed by atoms with E-state index < -0.39 is 0 Å². The summed E-state index contributed by atoms with van der Waals surface area (Å²) >= 11 is 0. The summed E-state index contributed by atoms with van der Waals surface area (Å²) in [4.78, 5) is 0. The van der Waals surface area contributed by atoms with Gasteiger partial charge < -0.3 is 10.6 Å². The molecule has 2 aliphatic heterocycles. The van der Waals surface area contributed by atoms with E-state index in [1.165, 1.54) is 70.9 Å². The third-order valence-electron chi connectivity index (χ3n) is 3.93. The first kappa shape index (κ1) is 11.4. The van der Waals surface area contributed by atoms with Crippen LogP contribution in [0.25, 0.3) is 0 Å². The Hall–Kier alpha value is -0.0800. The normalized spacial score (nSPS) is 32.8. The maximum Gasteiger partial charge on any atom is 0.00670 e. The van der Waals surface area contributed by atoms with Gasteiger partial charge in [-0.15, -0.1) is 0 Å². The van der Waals surface area contributed by atoms with E-state index in [2.05, 4.69) is 10.6 Å². The molecule has 2 aliphatic rings. The lowest BCUT2D eigenvalue weighted by Crippen LogP contribution is -2.36. The first-order valence-electron chi connectivity index (χ1n) is 6.92. The molecular formula is C13H26N2. The van der Waals surface area contributed by atoms with E-state index >= 15 is 0 Å². The molecule has 2 heteroatoms. The van der Waals surface area contributed by atoms with Gasteiger partial charge in [0.25, 0.3) is 0 Å². The fraction of sp³-hybridized carbons (Fsp3) is 1.00. The molecule has 2 atom stereocenters. The van der Waals surface area contributed by atoms with Gasteiger partial charge in [-0.25, -0.2) is 0 Å². The molecule has 2 nitrogen and oxygen atoms in total. The van der Waals surface area contributed by atoms with Crippen molar-refractivity contribution in [1.82, 2.24) is 10.6 Å². The molecule has 0 aromatic heterocycles. The van der Waals surface area contributed by atoms with E-state index in [-0.39, 0.29) is 0 Å². The molecule has 0 radical (unpaired) electrons. The molecule has 0 spiro atoms. The second kappa shape index (κ2) is 6.49. The zero-order valence-electron chi connectivity index (χ0n) is 9.93. The van der Waals surface area contributed by atoms with Gasteiger partial charge in [0.1, 0.15) is 0 Å². The summed E-state index contributed by atoms with van der Waals surface area (Å²) in [7, 11) is 0. The Bertz CT molecular complexity index is 140. The van der Waals surface area contributed by atoms with Gasteiger partial charge in [0.15, 0.2) is 0 Å². The van der Waals surface area contributed by atoms with E-state index in [1.54, 1.807) is 0 Å². The van der Waals surface area contributed by atoms with Crippen molar-refractivity contribution in [3.8, 4) is 0 Å². The zero-order chi connectivity index (χ0) is 10.3. The number of hydrogen-bond donors (Lipinski definition) is 2. The molecule has 2 fully saturated rings. The van der Waals surface area contributed by atoms with E-state index in [4.69, 9.17) is 0 Å². The van der Waals surface area contributed by atoms with Crippen LogP contribution in [-0.2, 0) is 0 Å². The van der Waals surface area contributed by atoms with Crippen LogP contribution in [0.15, 0.2) is 0 Å². The van der Waals surface area contributed by atoms with Crippen molar-refractivity contribution in [2.24, 2.45) is 0 Å². The highest BCUT2D eigenvalue weighted by Gasteiger charge is 2.15. The van der Waals surface area contributed by atoms with Gasteiger partial charge in [0.05, 0.1) is 0 Å². The minimum atomic E-state index is 0.836. The molecule has 0 aromatic rings. The van der Waals surface area contributed by atoms with Crippen molar-refractivity contribution in [2.45, 2.75) is 69.9 Å². The van der Waals surface area contributed by atoms with Crippen LogP contribution in [0.3, 0.4) is 0 Å². The molecule has 0 bridgehead atoms. The Morgan fingerprint density at radius 1 is 0.733 bits per heavy atom. The van der Waals surface area contributed by atoms with E-state index in [0.29, 0.717) is 0 Å². The number of piperidine rings is 2. The number of nitrogens with one attached hydrogen (secondary N) is 2. The standard InChI is InChI=1S/C13H26N2/c1-3-10-14-12(6-1)8-5-9-13-7-2-4-11-15-13/h12-15H,1-11H2. The fourth-order valence-corrected chi connectivity index (χ4v) is 2.95. The van der Waals surface area contributed by atoms with Crippen molar-refractivity contribution in [3.05, 3.63) is 0 Å². The summed E-state index contributed by atoms with van der Waals surface area (Å²) in [5.41, 5.74) is 0. The Labute approximate surface area is 94.2 Å². The monoisotopic (exact) mass is 210 g/mol. The summed E-state index contributed by atoms with van der Waals surface area (Å²) in [5, 5.41) is 7.27. The maximum absolute atomic E-state index is 3.64. The maximum atomic E-state index is 3.64. The van der Waals surface area contributed by atoms with Crippen LogP contribution < -0.4 is 10.6 Å². The fourth-order valence-electron chi connectivity index (χ4n) is 2.95. The lowest BCUT2D eigenvalue weighted by atomic mass is 9.95. The Balaban J connectivity index is 1.53. The molecule has 2 saturated heterocycles. The summed E-state index contributed by atoms with van der Waals surface area (Å²) in [5.74, 6) is 0. The van der Waals surface area contributed by atoms with Crippen LogP contribution in [0, 0.1) is 0 Å². The van der Waals surface area contributed by atoms with Crippen molar-refractivity contribution in [2.75, 3.05) is 13.1 Å². The van der Waals surface area contributed by atoms with Gasteiger partial charge in [-0.05, 0) is 51.6 Å². The predicted molar refractivity (Wildman–Crippen MR) is 65.1 cm³/mol. The van der Waals surface area contributed by atoms with Gasteiger partial charge >= 0.3 is 0 Å². The summed E-state index contributed by atoms with van der Waals surface area (Å²) in [6, 6.07) is 1.67.